The predicted octanol–water partition coefficient (Wildman–Crippen LogP) is 5.13. The van der Waals surface area contributed by atoms with Gasteiger partial charge in [0.05, 0.1) is 18.6 Å². The Bertz CT molecular complexity index is 994. The Morgan fingerprint density at radius 2 is 1.81 bits per heavy atom. The fourth-order valence-electron chi connectivity index (χ4n) is 2.91. The van der Waals surface area contributed by atoms with Crippen molar-refractivity contribution in [3.05, 3.63) is 71.3 Å². The second kappa shape index (κ2) is 10.9. The maximum atomic E-state index is 12.7. The molecule has 0 aliphatic carbocycles. The van der Waals surface area contributed by atoms with Gasteiger partial charge < -0.3 is 15.0 Å². The minimum absolute atomic E-state index is 0.217. The lowest BCUT2D eigenvalue weighted by atomic mass is 10.1. The number of carbonyl (C=O) groups excluding carboxylic acids is 1. The zero-order valence-corrected chi connectivity index (χ0v) is 18.2. The van der Waals surface area contributed by atoms with Gasteiger partial charge in [-0.1, -0.05) is 42.5 Å². The third-order valence-electron chi connectivity index (χ3n) is 4.53. The Morgan fingerprint density at radius 1 is 1.09 bits per heavy atom. The van der Waals surface area contributed by atoms with Crippen molar-refractivity contribution in [2.45, 2.75) is 32.6 Å². The Balaban J connectivity index is 1.65. The number of nitrogens with zero attached hydrogens (tertiary/aromatic N) is 3. The number of halogens is 3. The molecule has 0 fully saturated rings. The van der Waals surface area contributed by atoms with E-state index in [1.807, 2.05) is 35.2 Å². The van der Waals surface area contributed by atoms with Crippen LogP contribution in [0.4, 0.5) is 24.3 Å². The molecule has 0 spiro atoms. The third-order valence-corrected chi connectivity index (χ3v) is 5.30. The third kappa shape index (κ3) is 6.94. The Hall–Kier alpha value is -3.14. The van der Waals surface area contributed by atoms with Gasteiger partial charge in [0.2, 0.25) is 11.1 Å². The van der Waals surface area contributed by atoms with Crippen LogP contribution < -0.4 is 10.2 Å². The highest BCUT2D eigenvalue weighted by Gasteiger charge is 2.29. The van der Waals surface area contributed by atoms with Crippen molar-refractivity contribution in [3.8, 4) is 0 Å². The van der Waals surface area contributed by atoms with Crippen LogP contribution in [0.15, 0.2) is 54.6 Å². The first-order chi connectivity index (χ1) is 15.3. The van der Waals surface area contributed by atoms with E-state index in [9.17, 15) is 18.0 Å². The maximum Gasteiger partial charge on any atom is 0.416 e. The molecule has 0 atom stereocenters. The van der Waals surface area contributed by atoms with Crippen LogP contribution in [-0.4, -0.2) is 28.5 Å². The van der Waals surface area contributed by atoms with Gasteiger partial charge in [-0.15, -0.1) is 0 Å². The van der Waals surface area contributed by atoms with Gasteiger partial charge >= 0.3 is 12.1 Å². The fraction of sp³-hybridized carbons (Fsp3) is 0.318. The molecule has 0 aliphatic heterocycles. The van der Waals surface area contributed by atoms with Gasteiger partial charge in [-0.2, -0.15) is 22.5 Å². The molecule has 0 saturated heterocycles. The number of hydrogen-bond donors (Lipinski definition) is 1. The summed E-state index contributed by atoms with van der Waals surface area (Å²) >= 11 is 1.18. The molecule has 1 heterocycles. The number of aromatic nitrogens is 2. The van der Waals surface area contributed by atoms with Crippen LogP contribution in [0.3, 0.4) is 0 Å². The van der Waals surface area contributed by atoms with Gasteiger partial charge in [0, 0.05) is 31.2 Å². The van der Waals surface area contributed by atoms with Crippen molar-refractivity contribution in [1.29, 1.82) is 0 Å². The van der Waals surface area contributed by atoms with E-state index in [4.69, 9.17) is 4.74 Å². The van der Waals surface area contributed by atoms with Crippen LogP contribution in [0.2, 0.25) is 0 Å². The molecule has 1 aromatic heterocycles. The van der Waals surface area contributed by atoms with E-state index < -0.39 is 11.7 Å². The van der Waals surface area contributed by atoms with Gasteiger partial charge in [-0.05, 0) is 30.2 Å². The molecule has 2 aromatic carbocycles. The number of nitrogens with one attached hydrogen (secondary N) is 1. The number of esters is 1. The summed E-state index contributed by atoms with van der Waals surface area (Å²) in [6.45, 7) is 3.35. The maximum absolute atomic E-state index is 12.7. The average Bonchev–Trinajstić information content (AvgIpc) is 3.25. The van der Waals surface area contributed by atoms with Gasteiger partial charge in [0.15, 0.2) is 0 Å². The number of anilines is 2. The molecule has 32 heavy (non-hydrogen) atoms. The molecular formula is C22H23F3N4O2S. The van der Waals surface area contributed by atoms with Crippen LogP contribution in [0, 0.1) is 0 Å². The predicted molar refractivity (Wildman–Crippen MR) is 117 cm³/mol. The average molecular weight is 465 g/mol. The number of rotatable bonds is 10. The molecule has 0 bridgehead atoms. The van der Waals surface area contributed by atoms with Crippen molar-refractivity contribution in [3.63, 3.8) is 0 Å². The van der Waals surface area contributed by atoms with Crippen LogP contribution in [0.1, 0.15) is 30.0 Å². The molecule has 0 amide bonds. The molecule has 170 valence electrons. The highest BCUT2D eigenvalue weighted by atomic mass is 32.1. The molecule has 0 unspecified atom stereocenters. The summed E-state index contributed by atoms with van der Waals surface area (Å²) in [6, 6.07) is 14.7. The number of carbonyl (C=O) groups is 1. The largest absolute Gasteiger partial charge is 0.466 e. The first kappa shape index (κ1) is 23.5. The summed E-state index contributed by atoms with van der Waals surface area (Å²) in [5.41, 5.74) is 1.05. The summed E-state index contributed by atoms with van der Waals surface area (Å²) in [5.74, 6) is 0.0924. The molecule has 10 heteroatoms. The lowest BCUT2D eigenvalue weighted by molar-refractivity contribution is -0.143. The number of alkyl halides is 3. The molecule has 3 aromatic rings. The SMILES string of the molecule is CCOC(=O)CCN(Cc1ccccc1)c1nc(NCc2ccc(C(F)(F)F)cc2)ns1. The van der Waals surface area contributed by atoms with Gasteiger partial charge in [-0.25, -0.2) is 0 Å². The Labute approximate surface area is 188 Å². The molecular weight excluding hydrogens is 441 g/mol. The van der Waals surface area contributed by atoms with Gasteiger partial charge in [0.25, 0.3) is 0 Å². The summed E-state index contributed by atoms with van der Waals surface area (Å²) in [7, 11) is 0. The minimum atomic E-state index is -4.36. The first-order valence-electron chi connectivity index (χ1n) is 10.0. The highest BCUT2D eigenvalue weighted by Crippen LogP contribution is 2.29. The highest BCUT2D eigenvalue weighted by molar-refractivity contribution is 7.09. The van der Waals surface area contributed by atoms with Crippen LogP contribution >= 0.6 is 11.5 Å². The second-order valence-corrected chi connectivity index (χ2v) is 7.64. The zero-order chi connectivity index (χ0) is 23.0. The van der Waals surface area contributed by atoms with Crippen molar-refractivity contribution in [2.24, 2.45) is 0 Å². The van der Waals surface area contributed by atoms with E-state index in [2.05, 4.69) is 14.7 Å². The van der Waals surface area contributed by atoms with E-state index in [1.165, 1.54) is 23.7 Å². The normalized spacial score (nSPS) is 11.2. The molecule has 3 rings (SSSR count). The van der Waals surface area contributed by atoms with Crippen LogP contribution in [0.5, 0.6) is 0 Å². The van der Waals surface area contributed by atoms with E-state index in [0.717, 1.165) is 17.7 Å². The Kier molecular flexibility index (Phi) is 8.04. The monoisotopic (exact) mass is 464 g/mol. The topological polar surface area (TPSA) is 67.3 Å². The standard InChI is InChI=1S/C22H23F3N4O2S/c1-2-31-19(30)12-13-29(15-17-6-4-3-5-7-17)21-27-20(28-32-21)26-14-16-8-10-18(11-9-16)22(23,24)25/h3-11H,2,12-15H2,1H3,(H,26,28). The van der Waals surface area contributed by atoms with Crippen molar-refractivity contribution < 1.29 is 22.7 Å². The van der Waals surface area contributed by atoms with Crippen LogP contribution in [-0.2, 0) is 28.8 Å². The van der Waals surface area contributed by atoms with E-state index in [-0.39, 0.29) is 18.9 Å². The van der Waals surface area contributed by atoms with E-state index >= 15 is 0 Å². The summed E-state index contributed by atoms with van der Waals surface area (Å²) < 4.78 is 47.4. The summed E-state index contributed by atoms with van der Waals surface area (Å²) in [5, 5.41) is 3.66. The second-order valence-electron chi connectivity index (χ2n) is 6.91. The lowest BCUT2D eigenvalue weighted by Gasteiger charge is -2.21. The fourth-order valence-corrected chi connectivity index (χ4v) is 3.59. The summed E-state index contributed by atoms with van der Waals surface area (Å²) in [6.07, 6.45) is -4.14. The minimum Gasteiger partial charge on any atom is -0.466 e. The zero-order valence-electron chi connectivity index (χ0n) is 17.4. The van der Waals surface area contributed by atoms with Gasteiger partial charge in [0.1, 0.15) is 0 Å². The molecule has 0 aliphatic rings. The van der Waals surface area contributed by atoms with Crippen molar-refractivity contribution in [2.75, 3.05) is 23.4 Å². The van der Waals surface area contributed by atoms with Crippen molar-refractivity contribution >= 4 is 28.6 Å². The molecule has 6 nitrogen and oxygen atoms in total. The van der Waals surface area contributed by atoms with Crippen molar-refractivity contribution in [1.82, 2.24) is 9.36 Å². The molecule has 0 saturated carbocycles. The first-order valence-corrected chi connectivity index (χ1v) is 10.8. The number of benzene rings is 2. The van der Waals surface area contributed by atoms with E-state index in [0.29, 0.717) is 36.3 Å². The Morgan fingerprint density at radius 3 is 2.47 bits per heavy atom. The van der Waals surface area contributed by atoms with E-state index in [1.54, 1.807) is 6.92 Å². The summed E-state index contributed by atoms with van der Waals surface area (Å²) in [4.78, 5) is 18.3. The lowest BCUT2D eigenvalue weighted by Crippen LogP contribution is -2.26. The number of ether oxygens (including phenoxy) is 1. The number of hydrogen-bond acceptors (Lipinski definition) is 7. The smallest absolute Gasteiger partial charge is 0.416 e. The molecule has 0 radical (unpaired) electrons. The van der Waals surface area contributed by atoms with Crippen LogP contribution in [0.25, 0.3) is 0 Å². The quantitative estimate of drug-likeness (QED) is 0.420. The molecule has 1 N–H and O–H groups in total. The van der Waals surface area contributed by atoms with Gasteiger partial charge in [-0.3, -0.25) is 4.79 Å².